The summed E-state index contributed by atoms with van der Waals surface area (Å²) in [7, 11) is 0. The quantitative estimate of drug-likeness (QED) is 0.512. The van der Waals surface area contributed by atoms with Gasteiger partial charge < -0.3 is 5.32 Å². The molecule has 1 heterocycles. The summed E-state index contributed by atoms with van der Waals surface area (Å²) in [4.78, 5) is 30.1. The average Bonchev–Trinajstić information content (AvgIpc) is 2.65. The standard InChI is InChI=1S/C21H23N3O2S/c1-4-12-24-20(26)17-10-5-6-11-18(17)23-21(24)27-15(3)19(25)22-16-9-7-8-14(2)13-16/h5-11,13,15H,4,12H2,1-3H3,(H,22,25)/t15-/m1/s1. The molecular formula is C21H23N3O2S. The van der Waals surface area contributed by atoms with Crippen molar-refractivity contribution < 1.29 is 4.79 Å². The van der Waals surface area contributed by atoms with Crippen molar-refractivity contribution in [2.24, 2.45) is 0 Å². The van der Waals surface area contributed by atoms with Gasteiger partial charge in [-0.1, -0.05) is 43.0 Å². The second-order valence-electron chi connectivity index (χ2n) is 6.49. The molecule has 0 spiro atoms. The molecule has 0 fully saturated rings. The monoisotopic (exact) mass is 381 g/mol. The lowest BCUT2D eigenvalue weighted by Gasteiger charge is -2.16. The summed E-state index contributed by atoms with van der Waals surface area (Å²) in [6, 6.07) is 15.0. The highest BCUT2D eigenvalue weighted by atomic mass is 32.2. The van der Waals surface area contributed by atoms with Crippen LogP contribution in [-0.4, -0.2) is 20.7 Å². The van der Waals surface area contributed by atoms with Gasteiger partial charge in [0.1, 0.15) is 0 Å². The molecule has 1 amide bonds. The van der Waals surface area contributed by atoms with E-state index in [1.54, 1.807) is 10.6 Å². The summed E-state index contributed by atoms with van der Waals surface area (Å²) in [5, 5.41) is 3.72. The zero-order valence-corrected chi connectivity index (χ0v) is 16.5. The maximum absolute atomic E-state index is 12.8. The number of hydrogen-bond donors (Lipinski definition) is 1. The summed E-state index contributed by atoms with van der Waals surface area (Å²) in [5.41, 5.74) is 2.45. The molecule has 0 saturated carbocycles. The summed E-state index contributed by atoms with van der Waals surface area (Å²) < 4.78 is 1.67. The van der Waals surface area contributed by atoms with Crippen molar-refractivity contribution >= 4 is 34.3 Å². The minimum absolute atomic E-state index is 0.0590. The number of para-hydroxylation sites is 1. The molecule has 2 aromatic carbocycles. The third kappa shape index (κ3) is 4.39. The normalized spacial score (nSPS) is 12.1. The van der Waals surface area contributed by atoms with Crippen molar-refractivity contribution in [1.82, 2.24) is 9.55 Å². The fourth-order valence-electron chi connectivity index (χ4n) is 2.84. The third-order valence-corrected chi connectivity index (χ3v) is 5.30. The summed E-state index contributed by atoms with van der Waals surface area (Å²) in [5.74, 6) is -0.115. The molecule has 0 radical (unpaired) electrons. The van der Waals surface area contributed by atoms with Gasteiger partial charge in [-0.2, -0.15) is 0 Å². The largest absolute Gasteiger partial charge is 0.325 e. The van der Waals surface area contributed by atoms with Crippen LogP contribution in [0.1, 0.15) is 25.8 Å². The highest BCUT2D eigenvalue weighted by molar-refractivity contribution is 8.00. The molecule has 1 N–H and O–H groups in total. The maximum atomic E-state index is 12.8. The summed E-state index contributed by atoms with van der Waals surface area (Å²) in [6.45, 7) is 6.40. The van der Waals surface area contributed by atoms with Crippen molar-refractivity contribution in [2.75, 3.05) is 5.32 Å². The van der Waals surface area contributed by atoms with Crippen molar-refractivity contribution in [3.63, 3.8) is 0 Å². The van der Waals surface area contributed by atoms with E-state index in [9.17, 15) is 9.59 Å². The number of nitrogens with zero attached hydrogens (tertiary/aromatic N) is 2. The van der Waals surface area contributed by atoms with Gasteiger partial charge >= 0.3 is 0 Å². The Morgan fingerprint density at radius 3 is 2.74 bits per heavy atom. The average molecular weight is 382 g/mol. The van der Waals surface area contributed by atoms with Gasteiger partial charge in [0.05, 0.1) is 16.2 Å². The van der Waals surface area contributed by atoms with Gasteiger partial charge in [-0.05, 0) is 50.1 Å². The SMILES string of the molecule is CCCn1c(S[C@H](C)C(=O)Nc2cccc(C)c2)nc2ccccc2c1=O. The van der Waals surface area contributed by atoms with E-state index in [0.29, 0.717) is 22.6 Å². The van der Waals surface area contributed by atoms with Crippen molar-refractivity contribution in [3.05, 3.63) is 64.4 Å². The molecule has 0 aliphatic heterocycles. The Morgan fingerprint density at radius 1 is 1.22 bits per heavy atom. The molecule has 0 bridgehead atoms. The topological polar surface area (TPSA) is 64.0 Å². The number of aryl methyl sites for hydroxylation is 1. The molecule has 1 aromatic heterocycles. The first kappa shape index (κ1) is 19.2. The fraction of sp³-hybridized carbons (Fsp3) is 0.286. The second kappa shape index (κ2) is 8.39. The van der Waals surface area contributed by atoms with Crippen LogP contribution in [0.5, 0.6) is 0 Å². The van der Waals surface area contributed by atoms with Crippen LogP contribution in [0.15, 0.2) is 58.5 Å². The van der Waals surface area contributed by atoms with E-state index in [0.717, 1.165) is 17.7 Å². The predicted molar refractivity (Wildman–Crippen MR) is 111 cm³/mol. The lowest BCUT2D eigenvalue weighted by Crippen LogP contribution is -2.27. The molecule has 0 aliphatic carbocycles. The van der Waals surface area contributed by atoms with Crippen LogP contribution >= 0.6 is 11.8 Å². The van der Waals surface area contributed by atoms with Crippen molar-refractivity contribution in [2.45, 2.75) is 44.1 Å². The van der Waals surface area contributed by atoms with Gasteiger partial charge in [0.2, 0.25) is 5.91 Å². The number of nitrogens with one attached hydrogen (secondary N) is 1. The van der Waals surface area contributed by atoms with Crippen molar-refractivity contribution in [3.8, 4) is 0 Å². The third-order valence-electron chi connectivity index (χ3n) is 4.21. The van der Waals surface area contributed by atoms with Crippen molar-refractivity contribution in [1.29, 1.82) is 0 Å². The van der Waals surface area contributed by atoms with E-state index in [4.69, 9.17) is 0 Å². The van der Waals surface area contributed by atoms with Gasteiger partial charge in [-0.25, -0.2) is 4.98 Å². The highest BCUT2D eigenvalue weighted by Crippen LogP contribution is 2.24. The minimum Gasteiger partial charge on any atom is -0.325 e. The van der Waals surface area contributed by atoms with Gasteiger partial charge in [0, 0.05) is 12.2 Å². The molecular weight excluding hydrogens is 358 g/mol. The fourth-order valence-corrected chi connectivity index (χ4v) is 3.77. The summed E-state index contributed by atoms with van der Waals surface area (Å²) in [6.07, 6.45) is 0.817. The molecule has 3 aromatic rings. The first-order chi connectivity index (χ1) is 13.0. The first-order valence-electron chi connectivity index (χ1n) is 9.03. The summed E-state index contributed by atoms with van der Waals surface area (Å²) >= 11 is 1.31. The molecule has 3 rings (SSSR count). The van der Waals surface area contributed by atoms with E-state index in [2.05, 4.69) is 10.3 Å². The van der Waals surface area contributed by atoms with Gasteiger partial charge in [-0.15, -0.1) is 0 Å². The lowest BCUT2D eigenvalue weighted by molar-refractivity contribution is -0.115. The maximum Gasteiger partial charge on any atom is 0.262 e. The molecule has 0 aliphatic rings. The number of rotatable bonds is 6. The Balaban J connectivity index is 1.87. The van der Waals surface area contributed by atoms with Crippen LogP contribution in [0.25, 0.3) is 10.9 Å². The van der Waals surface area contributed by atoms with Crippen LogP contribution in [0.3, 0.4) is 0 Å². The number of fused-ring (bicyclic) bond motifs is 1. The van der Waals surface area contributed by atoms with E-state index >= 15 is 0 Å². The predicted octanol–water partition coefficient (Wildman–Crippen LogP) is 4.23. The van der Waals surface area contributed by atoms with E-state index in [-0.39, 0.29) is 16.7 Å². The van der Waals surface area contributed by atoms with Crippen LogP contribution < -0.4 is 10.9 Å². The Labute approximate surface area is 162 Å². The lowest BCUT2D eigenvalue weighted by atomic mass is 10.2. The number of benzene rings is 2. The van der Waals surface area contributed by atoms with E-state index in [1.165, 1.54) is 11.8 Å². The molecule has 6 heteroatoms. The molecule has 140 valence electrons. The van der Waals surface area contributed by atoms with Gasteiger partial charge in [0.25, 0.3) is 5.56 Å². The number of carbonyl (C=O) groups is 1. The number of hydrogen-bond acceptors (Lipinski definition) is 4. The molecule has 5 nitrogen and oxygen atoms in total. The minimum atomic E-state index is -0.387. The van der Waals surface area contributed by atoms with Crippen LogP contribution in [0.2, 0.25) is 0 Å². The smallest absolute Gasteiger partial charge is 0.262 e. The van der Waals surface area contributed by atoms with Gasteiger partial charge in [-0.3, -0.25) is 14.2 Å². The Morgan fingerprint density at radius 2 is 2.00 bits per heavy atom. The zero-order valence-electron chi connectivity index (χ0n) is 15.7. The molecule has 0 unspecified atom stereocenters. The highest BCUT2D eigenvalue weighted by Gasteiger charge is 2.19. The van der Waals surface area contributed by atoms with Crippen LogP contribution in [0, 0.1) is 6.92 Å². The Bertz CT molecular complexity index is 1030. The first-order valence-corrected chi connectivity index (χ1v) is 9.91. The number of anilines is 1. The Kier molecular flexibility index (Phi) is 5.96. The zero-order chi connectivity index (χ0) is 19.4. The van der Waals surface area contributed by atoms with E-state index in [1.807, 2.05) is 63.2 Å². The van der Waals surface area contributed by atoms with Crippen LogP contribution in [0.4, 0.5) is 5.69 Å². The second-order valence-corrected chi connectivity index (χ2v) is 7.80. The molecule has 27 heavy (non-hydrogen) atoms. The molecule has 0 saturated heterocycles. The molecule has 1 atom stereocenters. The van der Waals surface area contributed by atoms with Crippen LogP contribution in [-0.2, 0) is 11.3 Å². The number of aromatic nitrogens is 2. The number of thioether (sulfide) groups is 1. The van der Waals surface area contributed by atoms with Gasteiger partial charge in [0.15, 0.2) is 5.16 Å². The van der Waals surface area contributed by atoms with E-state index < -0.39 is 0 Å². The Hall–Kier alpha value is -2.60. The number of carbonyl (C=O) groups excluding carboxylic acids is 1. The number of amides is 1.